The molecule has 0 bridgehead atoms. The number of aliphatic hydroxyl groups is 1. The maximum Gasteiger partial charge on any atom is 0.225 e. The van der Waals surface area contributed by atoms with Crippen LogP contribution in [0.5, 0.6) is 5.88 Å². The predicted molar refractivity (Wildman–Crippen MR) is 68.8 cm³/mol. The number of hydrogen-bond donors (Lipinski definition) is 2. The number of aromatic nitrogens is 2. The van der Waals surface area contributed by atoms with E-state index in [1.165, 1.54) is 0 Å². The van der Waals surface area contributed by atoms with Crippen molar-refractivity contribution >= 4 is 5.95 Å². The smallest absolute Gasteiger partial charge is 0.225 e. The topological polar surface area (TPSA) is 76.5 Å². The van der Waals surface area contributed by atoms with Crippen molar-refractivity contribution in [1.82, 2.24) is 9.97 Å². The lowest BCUT2D eigenvalue weighted by atomic mass is 10.3. The van der Waals surface area contributed by atoms with Crippen LogP contribution in [0.1, 0.15) is 20.3 Å². The van der Waals surface area contributed by atoms with Crippen molar-refractivity contribution in [1.29, 1.82) is 0 Å². The molecule has 0 aliphatic heterocycles. The zero-order valence-electron chi connectivity index (χ0n) is 11.1. The summed E-state index contributed by atoms with van der Waals surface area (Å²) >= 11 is 0. The van der Waals surface area contributed by atoms with E-state index in [1.54, 1.807) is 19.4 Å². The number of hydrogen-bond acceptors (Lipinski definition) is 6. The van der Waals surface area contributed by atoms with Crippen LogP contribution >= 0.6 is 0 Å². The van der Waals surface area contributed by atoms with Gasteiger partial charge in [-0.1, -0.05) is 0 Å². The zero-order chi connectivity index (χ0) is 13.4. The molecule has 0 fully saturated rings. The third-order valence-corrected chi connectivity index (χ3v) is 2.11. The lowest BCUT2D eigenvalue weighted by Crippen LogP contribution is -2.19. The van der Waals surface area contributed by atoms with Crippen molar-refractivity contribution in [2.24, 2.45) is 0 Å². The number of nitrogens with one attached hydrogen (secondary N) is 1. The fourth-order valence-electron chi connectivity index (χ4n) is 1.36. The fourth-order valence-corrected chi connectivity index (χ4v) is 1.36. The molecule has 0 aliphatic carbocycles. The molecule has 18 heavy (non-hydrogen) atoms. The Morgan fingerprint density at radius 3 is 2.89 bits per heavy atom. The van der Waals surface area contributed by atoms with Crippen molar-refractivity contribution in [3.8, 4) is 5.88 Å². The zero-order valence-corrected chi connectivity index (χ0v) is 11.1. The molecule has 0 spiro atoms. The number of rotatable bonds is 8. The predicted octanol–water partition coefficient (Wildman–Crippen LogP) is 1.07. The van der Waals surface area contributed by atoms with E-state index in [1.807, 2.05) is 13.8 Å². The van der Waals surface area contributed by atoms with Gasteiger partial charge in [0.1, 0.15) is 0 Å². The van der Waals surface area contributed by atoms with Crippen LogP contribution in [0.25, 0.3) is 0 Å². The first-order valence-electron chi connectivity index (χ1n) is 6.02. The van der Waals surface area contributed by atoms with E-state index in [-0.39, 0.29) is 6.10 Å². The van der Waals surface area contributed by atoms with Gasteiger partial charge >= 0.3 is 0 Å². The van der Waals surface area contributed by atoms with Crippen molar-refractivity contribution in [3.05, 3.63) is 12.3 Å². The molecule has 1 unspecified atom stereocenters. The first-order valence-corrected chi connectivity index (χ1v) is 6.02. The normalized spacial score (nSPS) is 12.5. The van der Waals surface area contributed by atoms with Crippen LogP contribution in [-0.2, 0) is 4.74 Å². The lowest BCUT2D eigenvalue weighted by Gasteiger charge is -2.11. The first kappa shape index (κ1) is 14.7. The highest BCUT2D eigenvalue weighted by molar-refractivity contribution is 5.27. The van der Waals surface area contributed by atoms with Gasteiger partial charge in [-0.15, -0.1) is 0 Å². The Hall–Kier alpha value is -1.40. The van der Waals surface area contributed by atoms with Gasteiger partial charge in [0.05, 0.1) is 18.8 Å². The Labute approximate surface area is 107 Å². The highest BCUT2D eigenvalue weighted by Gasteiger charge is 2.05. The van der Waals surface area contributed by atoms with Gasteiger partial charge in [0.15, 0.2) is 0 Å². The van der Waals surface area contributed by atoms with E-state index in [9.17, 15) is 5.11 Å². The van der Waals surface area contributed by atoms with Crippen molar-refractivity contribution in [2.45, 2.75) is 32.5 Å². The van der Waals surface area contributed by atoms with Crippen LogP contribution in [0.3, 0.4) is 0 Å². The number of aliphatic hydroxyl groups excluding tert-OH is 1. The number of ether oxygens (including phenoxy) is 2. The van der Waals surface area contributed by atoms with Gasteiger partial charge in [0.2, 0.25) is 11.8 Å². The van der Waals surface area contributed by atoms with Crippen LogP contribution in [0, 0.1) is 0 Å². The molecule has 0 amide bonds. The van der Waals surface area contributed by atoms with Gasteiger partial charge in [0.25, 0.3) is 0 Å². The monoisotopic (exact) mass is 255 g/mol. The fraction of sp³-hybridized carbons (Fsp3) is 0.667. The highest BCUT2D eigenvalue weighted by Crippen LogP contribution is 2.10. The molecule has 1 heterocycles. The van der Waals surface area contributed by atoms with Crippen LogP contribution in [0.15, 0.2) is 12.3 Å². The largest absolute Gasteiger partial charge is 0.475 e. The molecule has 1 aromatic heterocycles. The highest BCUT2D eigenvalue weighted by atomic mass is 16.5. The summed E-state index contributed by atoms with van der Waals surface area (Å²) in [6, 6.07) is 1.71. The van der Waals surface area contributed by atoms with Gasteiger partial charge in [0, 0.05) is 25.9 Å². The summed E-state index contributed by atoms with van der Waals surface area (Å²) in [5.74, 6) is 1.04. The average molecular weight is 255 g/mol. The summed E-state index contributed by atoms with van der Waals surface area (Å²) in [4.78, 5) is 8.27. The molecule has 1 rings (SSSR count). The number of anilines is 1. The standard InChI is InChI=1S/C12H21N3O3/c1-9(2)18-11-5-7-14-12(15-11)13-6-4-10(16)8-17-3/h5,7,9-10,16H,4,6,8H2,1-3H3,(H,13,14,15). The molecule has 102 valence electrons. The minimum Gasteiger partial charge on any atom is -0.475 e. The third kappa shape index (κ3) is 5.79. The van der Waals surface area contributed by atoms with Crippen LogP contribution < -0.4 is 10.1 Å². The van der Waals surface area contributed by atoms with Crippen LogP contribution in [0.2, 0.25) is 0 Å². The average Bonchev–Trinajstić information content (AvgIpc) is 2.29. The molecule has 0 radical (unpaired) electrons. The Kier molecular flexibility index (Phi) is 6.38. The molecule has 0 saturated carbocycles. The Morgan fingerprint density at radius 1 is 1.44 bits per heavy atom. The van der Waals surface area contributed by atoms with Crippen molar-refractivity contribution < 1.29 is 14.6 Å². The minimum atomic E-state index is -0.474. The van der Waals surface area contributed by atoms with E-state index < -0.39 is 6.10 Å². The van der Waals surface area contributed by atoms with Crippen molar-refractivity contribution in [3.63, 3.8) is 0 Å². The first-order chi connectivity index (χ1) is 8.61. The van der Waals surface area contributed by atoms with Gasteiger partial charge in [-0.2, -0.15) is 4.98 Å². The molecule has 1 aromatic rings. The van der Waals surface area contributed by atoms with Gasteiger partial charge in [-0.3, -0.25) is 0 Å². The third-order valence-electron chi connectivity index (χ3n) is 2.11. The van der Waals surface area contributed by atoms with E-state index >= 15 is 0 Å². The molecule has 6 nitrogen and oxygen atoms in total. The summed E-state index contributed by atoms with van der Waals surface area (Å²) in [7, 11) is 1.56. The van der Waals surface area contributed by atoms with E-state index in [2.05, 4.69) is 15.3 Å². The van der Waals surface area contributed by atoms with E-state index in [0.717, 1.165) is 0 Å². The molecule has 0 aliphatic rings. The number of nitrogens with zero attached hydrogens (tertiary/aromatic N) is 2. The summed E-state index contributed by atoms with van der Waals surface area (Å²) in [5.41, 5.74) is 0. The summed E-state index contributed by atoms with van der Waals surface area (Å²) in [6.45, 7) is 4.79. The maximum atomic E-state index is 9.47. The van der Waals surface area contributed by atoms with Gasteiger partial charge in [-0.25, -0.2) is 4.98 Å². The maximum absolute atomic E-state index is 9.47. The van der Waals surface area contributed by atoms with E-state index in [0.29, 0.717) is 31.4 Å². The Bertz CT molecular complexity index is 347. The van der Waals surface area contributed by atoms with Crippen LogP contribution in [0.4, 0.5) is 5.95 Å². The summed E-state index contributed by atoms with van der Waals surface area (Å²) in [6.07, 6.45) is 1.82. The van der Waals surface area contributed by atoms with Gasteiger partial charge in [-0.05, 0) is 20.3 Å². The SMILES string of the molecule is COCC(O)CCNc1nccc(OC(C)C)n1. The molecule has 1 atom stereocenters. The molecular formula is C12H21N3O3. The quantitative estimate of drug-likeness (QED) is 0.723. The number of methoxy groups -OCH3 is 1. The lowest BCUT2D eigenvalue weighted by molar-refractivity contribution is 0.0615. The second-order valence-corrected chi connectivity index (χ2v) is 4.21. The Morgan fingerprint density at radius 2 is 2.22 bits per heavy atom. The van der Waals surface area contributed by atoms with E-state index in [4.69, 9.17) is 9.47 Å². The Balaban J connectivity index is 2.38. The second-order valence-electron chi connectivity index (χ2n) is 4.21. The summed E-state index contributed by atoms with van der Waals surface area (Å²) < 4.78 is 10.3. The molecule has 0 aromatic carbocycles. The summed E-state index contributed by atoms with van der Waals surface area (Å²) in [5, 5.41) is 12.5. The molecule has 2 N–H and O–H groups in total. The minimum absolute atomic E-state index is 0.0799. The van der Waals surface area contributed by atoms with Crippen LogP contribution in [-0.4, -0.2) is 47.5 Å². The molecule has 6 heteroatoms. The van der Waals surface area contributed by atoms with Crippen molar-refractivity contribution in [2.75, 3.05) is 25.6 Å². The van der Waals surface area contributed by atoms with Gasteiger partial charge < -0.3 is 19.9 Å². The molecule has 0 saturated heterocycles. The second kappa shape index (κ2) is 7.84. The molecular weight excluding hydrogens is 234 g/mol.